The first-order valence-corrected chi connectivity index (χ1v) is 15.9. The number of nitrogens with two attached hydrogens (primary N) is 1. The molecule has 6 atom stereocenters. The molecule has 4 N–H and O–H groups in total. The second-order valence-electron chi connectivity index (χ2n) is 9.36. The molecule has 0 bridgehead atoms. The molecule has 41 heavy (non-hydrogen) atoms. The summed E-state index contributed by atoms with van der Waals surface area (Å²) in [6.07, 6.45) is 1.16. The van der Waals surface area contributed by atoms with E-state index in [0.29, 0.717) is 23.4 Å². The van der Waals surface area contributed by atoms with E-state index >= 15 is 0 Å². The third-order valence-electron chi connectivity index (χ3n) is 6.77. The minimum Gasteiger partial charge on any atom is -0.465 e. The van der Waals surface area contributed by atoms with E-state index in [-0.39, 0.29) is 18.2 Å². The van der Waals surface area contributed by atoms with Crippen molar-refractivity contribution in [1.82, 2.24) is 19.7 Å². The Hall–Kier alpha value is -3.18. The highest BCUT2D eigenvalue weighted by molar-refractivity contribution is 7.98. The molecule has 1 saturated heterocycles. The van der Waals surface area contributed by atoms with Crippen LogP contribution in [-0.2, 0) is 29.0 Å². The number of rotatable bonds is 13. The number of fused-ring (bicyclic) bond motifs is 1. The van der Waals surface area contributed by atoms with Gasteiger partial charge in [-0.3, -0.25) is 9.32 Å². The molecule has 13 nitrogen and oxygen atoms in total. The fourth-order valence-electron chi connectivity index (χ4n) is 4.61. The van der Waals surface area contributed by atoms with Crippen LogP contribution in [0.1, 0.15) is 26.0 Å². The maximum Gasteiger partial charge on any atom is 0.459 e. The number of esters is 1. The van der Waals surface area contributed by atoms with Crippen LogP contribution < -0.4 is 15.3 Å². The van der Waals surface area contributed by atoms with Gasteiger partial charge in [0.05, 0.1) is 25.0 Å². The number of nitrogen functional groups attached to an aromatic ring is 1. The lowest BCUT2D eigenvalue weighted by Crippen LogP contribution is -2.39. The summed E-state index contributed by atoms with van der Waals surface area (Å²) in [7, 11) is -4.25. The zero-order valence-corrected chi connectivity index (χ0v) is 24.6. The molecule has 1 aliphatic rings. The molecule has 0 spiro atoms. The summed E-state index contributed by atoms with van der Waals surface area (Å²) >= 11 is 1.51. The average molecular weight is 605 g/mol. The van der Waals surface area contributed by atoms with Crippen molar-refractivity contribution < 1.29 is 33.0 Å². The Morgan fingerprint density at radius 3 is 2.80 bits per heavy atom. The van der Waals surface area contributed by atoms with Gasteiger partial charge in [-0.2, -0.15) is 27.2 Å². The van der Waals surface area contributed by atoms with Crippen LogP contribution in [0, 0.1) is 17.2 Å². The number of aliphatic hydroxyl groups excluding tert-OH is 1. The lowest BCUT2D eigenvalue weighted by atomic mass is 9.85. The Bertz CT molecular complexity index is 1440. The number of thioether (sulfide) groups is 1. The van der Waals surface area contributed by atoms with Crippen LogP contribution in [0.25, 0.3) is 5.52 Å². The minimum absolute atomic E-state index is 0.141. The molecule has 3 heterocycles. The Labute approximate surface area is 241 Å². The van der Waals surface area contributed by atoms with Crippen LogP contribution >= 0.6 is 19.5 Å². The van der Waals surface area contributed by atoms with Crippen LogP contribution in [0.3, 0.4) is 0 Å². The molecule has 15 heteroatoms. The topological polar surface area (TPSA) is 183 Å². The van der Waals surface area contributed by atoms with Crippen molar-refractivity contribution >= 4 is 36.8 Å². The molecule has 3 aromatic rings. The van der Waals surface area contributed by atoms with Gasteiger partial charge >= 0.3 is 13.7 Å². The first-order chi connectivity index (χ1) is 19.7. The molecule has 1 fully saturated rings. The summed E-state index contributed by atoms with van der Waals surface area (Å²) in [5, 5.41) is 28.4. The maximum absolute atomic E-state index is 14.1. The lowest BCUT2D eigenvalue weighted by Gasteiger charge is -2.26. The summed E-state index contributed by atoms with van der Waals surface area (Å²) < 4.78 is 38.4. The summed E-state index contributed by atoms with van der Waals surface area (Å²) in [6.45, 7) is 3.05. The Kier molecular flexibility index (Phi) is 9.91. The van der Waals surface area contributed by atoms with E-state index in [1.165, 1.54) is 22.6 Å². The molecule has 220 valence electrons. The Morgan fingerprint density at radius 1 is 1.37 bits per heavy atom. The van der Waals surface area contributed by atoms with Crippen molar-refractivity contribution in [3.8, 4) is 11.8 Å². The zero-order valence-electron chi connectivity index (χ0n) is 22.9. The third kappa shape index (κ3) is 6.51. The quantitative estimate of drug-likeness (QED) is 0.191. The molecule has 4 rings (SSSR count). The van der Waals surface area contributed by atoms with Crippen LogP contribution in [0.5, 0.6) is 5.75 Å². The van der Waals surface area contributed by atoms with Gasteiger partial charge in [-0.25, -0.2) is 14.1 Å². The fraction of sp³-hybridized carbons (Fsp3) is 0.462. The predicted molar refractivity (Wildman–Crippen MR) is 152 cm³/mol. The first-order valence-electron chi connectivity index (χ1n) is 13.0. The van der Waals surface area contributed by atoms with Gasteiger partial charge < -0.3 is 24.8 Å². The highest BCUT2D eigenvalue weighted by atomic mass is 32.2. The van der Waals surface area contributed by atoms with Gasteiger partial charge in [0.15, 0.2) is 5.82 Å². The molecule has 1 unspecified atom stereocenters. The number of benzene rings is 1. The van der Waals surface area contributed by atoms with E-state index in [9.17, 15) is 19.7 Å². The van der Waals surface area contributed by atoms with Crippen LogP contribution in [0.2, 0.25) is 0 Å². The number of hydrogen-bond donors (Lipinski definition) is 3. The standard InChI is InChI=1S/C26H33N6O7PS/c1-4-36-25(34)19(12-13-41-3)31-40(35,39-18-8-6-5-7-9-18)37-14-21-23(33)17(2)26(15-27,38-21)22-11-10-20-24(28)29-16-30-32(20)22/h5-11,16-17,19,21,23,33H,4,12-14H2,1-3H3,(H,31,35)(H2,28,29,30)/t17-,19-,21+,23-,26+,40?/m0/s1. The first kappa shape index (κ1) is 30.8. The van der Waals surface area contributed by atoms with Gasteiger partial charge in [0.1, 0.15) is 35.8 Å². The van der Waals surface area contributed by atoms with Gasteiger partial charge in [-0.1, -0.05) is 25.1 Å². The molecule has 0 amide bonds. The summed E-state index contributed by atoms with van der Waals surface area (Å²) in [4.78, 5) is 16.6. The van der Waals surface area contributed by atoms with Crippen molar-refractivity contribution in [3.63, 3.8) is 0 Å². The van der Waals surface area contributed by atoms with Gasteiger partial charge in [0.25, 0.3) is 0 Å². The molecule has 2 aromatic heterocycles. The van der Waals surface area contributed by atoms with E-state index in [1.54, 1.807) is 56.3 Å². The van der Waals surface area contributed by atoms with Crippen LogP contribution in [0.15, 0.2) is 48.8 Å². The molecule has 0 saturated carbocycles. The van der Waals surface area contributed by atoms with Crippen molar-refractivity contribution in [2.45, 2.75) is 44.1 Å². The van der Waals surface area contributed by atoms with Gasteiger partial charge in [-0.05, 0) is 49.6 Å². The Balaban J connectivity index is 1.60. The third-order valence-corrected chi connectivity index (χ3v) is 8.99. The average Bonchev–Trinajstić information content (AvgIpc) is 3.51. The zero-order chi connectivity index (χ0) is 29.6. The number of carbonyl (C=O) groups is 1. The smallest absolute Gasteiger partial charge is 0.459 e. The second-order valence-corrected chi connectivity index (χ2v) is 12.0. The monoisotopic (exact) mass is 604 g/mol. The largest absolute Gasteiger partial charge is 0.465 e. The predicted octanol–water partition coefficient (Wildman–Crippen LogP) is 2.90. The van der Waals surface area contributed by atoms with Gasteiger partial charge in [-0.15, -0.1) is 0 Å². The van der Waals surface area contributed by atoms with Gasteiger partial charge in [0, 0.05) is 5.92 Å². The van der Waals surface area contributed by atoms with Crippen molar-refractivity contribution in [2.75, 3.05) is 31.0 Å². The minimum atomic E-state index is -4.25. The van der Waals surface area contributed by atoms with E-state index in [0.717, 1.165) is 0 Å². The summed E-state index contributed by atoms with van der Waals surface area (Å²) in [5.41, 5.74) is 5.15. The number of para-hydroxylation sites is 1. The normalized spacial score (nSPS) is 24.4. The van der Waals surface area contributed by atoms with Crippen molar-refractivity contribution in [1.29, 1.82) is 5.26 Å². The Morgan fingerprint density at radius 2 is 2.12 bits per heavy atom. The van der Waals surface area contributed by atoms with E-state index in [4.69, 9.17) is 24.3 Å². The van der Waals surface area contributed by atoms with Crippen molar-refractivity contribution in [2.24, 2.45) is 5.92 Å². The highest BCUT2D eigenvalue weighted by Gasteiger charge is 2.56. The molecule has 0 radical (unpaired) electrons. The number of hydrogen-bond acceptors (Lipinski definition) is 12. The fourth-order valence-corrected chi connectivity index (χ4v) is 6.62. The SMILES string of the molecule is CCOC(=O)[C@H](CCSC)NP(=O)(OC[C@H]1O[C@@](C#N)(c2ccc3c(N)ncnn23)[C@@H](C)[C@@H]1O)Oc1ccccc1. The van der Waals surface area contributed by atoms with Crippen molar-refractivity contribution in [3.05, 3.63) is 54.5 Å². The number of nitrogens with zero attached hydrogens (tertiary/aromatic N) is 4. The maximum atomic E-state index is 14.1. The number of aromatic nitrogens is 3. The molecule has 1 aliphatic heterocycles. The number of anilines is 1. The molecular weight excluding hydrogens is 571 g/mol. The van der Waals surface area contributed by atoms with Crippen LogP contribution in [-0.4, -0.2) is 69.1 Å². The number of carbonyl (C=O) groups excluding carboxylic acids is 1. The molecular formula is C26H33N6O7PS. The van der Waals surface area contributed by atoms with Crippen LogP contribution in [0.4, 0.5) is 5.82 Å². The molecule has 1 aromatic carbocycles. The number of aliphatic hydroxyl groups is 1. The summed E-state index contributed by atoms with van der Waals surface area (Å²) in [5.74, 6) is -0.314. The summed E-state index contributed by atoms with van der Waals surface area (Å²) in [6, 6.07) is 12.8. The van der Waals surface area contributed by atoms with Gasteiger partial charge in [0.2, 0.25) is 5.60 Å². The number of nitrogens with one attached hydrogen (secondary N) is 1. The lowest BCUT2D eigenvalue weighted by molar-refractivity contribution is -0.145. The van der Waals surface area contributed by atoms with E-state index < -0.39 is 50.1 Å². The highest BCUT2D eigenvalue weighted by Crippen LogP contribution is 2.49. The number of nitriles is 1. The second kappa shape index (κ2) is 13.2. The van der Waals surface area contributed by atoms with E-state index in [2.05, 4.69) is 21.2 Å². The molecule has 0 aliphatic carbocycles. The number of ether oxygens (including phenoxy) is 2. The van der Waals surface area contributed by atoms with E-state index in [1.807, 2.05) is 6.26 Å².